The van der Waals surface area contributed by atoms with Crippen LogP contribution in [0.3, 0.4) is 0 Å². The highest BCUT2D eigenvalue weighted by Crippen LogP contribution is 2.37. The summed E-state index contributed by atoms with van der Waals surface area (Å²) in [5.74, 6) is 2.00. The standard InChI is InChI=1S/C18H27NO/c1-12(2)15-5-3-4-6-17(15)19-18-10-7-13-11-14(20)8-9-16(13)18/h8-9,11-12,15,17-20H,3-7,10H2,1-2H3. The van der Waals surface area contributed by atoms with E-state index in [4.69, 9.17) is 0 Å². The highest BCUT2D eigenvalue weighted by atomic mass is 16.3. The smallest absolute Gasteiger partial charge is 0.115 e. The van der Waals surface area contributed by atoms with Gasteiger partial charge in [-0.15, -0.1) is 0 Å². The fraction of sp³-hybridized carbons (Fsp3) is 0.667. The third-order valence-corrected chi connectivity index (χ3v) is 5.30. The molecule has 2 aliphatic carbocycles. The molecule has 0 saturated heterocycles. The van der Waals surface area contributed by atoms with E-state index in [2.05, 4.69) is 25.2 Å². The van der Waals surface area contributed by atoms with Crippen molar-refractivity contribution < 1.29 is 5.11 Å². The van der Waals surface area contributed by atoms with Crippen molar-refractivity contribution in [2.24, 2.45) is 11.8 Å². The molecule has 1 aromatic rings. The normalized spacial score (nSPS) is 29.6. The van der Waals surface area contributed by atoms with Crippen molar-refractivity contribution in [2.45, 2.75) is 64.5 Å². The average Bonchev–Trinajstić information content (AvgIpc) is 2.81. The van der Waals surface area contributed by atoms with E-state index in [9.17, 15) is 5.11 Å². The molecule has 1 fully saturated rings. The first-order valence-electron chi connectivity index (χ1n) is 8.23. The number of fused-ring (bicyclic) bond motifs is 1. The largest absolute Gasteiger partial charge is 0.508 e. The molecule has 0 radical (unpaired) electrons. The molecule has 2 nitrogen and oxygen atoms in total. The van der Waals surface area contributed by atoms with Crippen LogP contribution < -0.4 is 5.32 Å². The van der Waals surface area contributed by atoms with Crippen molar-refractivity contribution in [3.8, 4) is 5.75 Å². The van der Waals surface area contributed by atoms with Crippen LogP contribution in [0.4, 0.5) is 0 Å². The molecule has 0 heterocycles. The first-order valence-corrected chi connectivity index (χ1v) is 8.23. The van der Waals surface area contributed by atoms with Crippen LogP contribution in [0.5, 0.6) is 5.75 Å². The molecule has 1 saturated carbocycles. The molecule has 3 rings (SSSR count). The Morgan fingerprint density at radius 2 is 1.95 bits per heavy atom. The Bertz CT molecular complexity index is 468. The Morgan fingerprint density at radius 3 is 2.75 bits per heavy atom. The van der Waals surface area contributed by atoms with Crippen LogP contribution in [0.25, 0.3) is 0 Å². The molecule has 0 aliphatic heterocycles. The highest BCUT2D eigenvalue weighted by Gasteiger charge is 2.31. The van der Waals surface area contributed by atoms with Gasteiger partial charge in [0, 0.05) is 12.1 Å². The number of hydrogen-bond acceptors (Lipinski definition) is 2. The van der Waals surface area contributed by atoms with Crippen molar-refractivity contribution in [3.05, 3.63) is 29.3 Å². The van der Waals surface area contributed by atoms with Crippen molar-refractivity contribution in [3.63, 3.8) is 0 Å². The van der Waals surface area contributed by atoms with Gasteiger partial charge < -0.3 is 10.4 Å². The van der Waals surface area contributed by atoms with E-state index in [1.54, 1.807) is 0 Å². The number of benzene rings is 1. The lowest BCUT2D eigenvalue weighted by molar-refractivity contribution is 0.192. The summed E-state index contributed by atoms with van der Waals surface area (Å²) in [7, 11) is 0. The van der Waals surface area contributed by atoms with E-state index >= 15 is 0 Å². The number of phenolic OH excluding ortho intramolecular Hbond substituents is 1. The van der Waals surface area contributed by atoms with Crippen LogP contribution in [0.15, 0.2) is 18.2 Å². The second kappa shape index (κ2) is 5.77. The van der Waals surface area contributed by atoms with Gasteiger partial charge in [0.1, 0.15) is 5.75 Å². The summed E-state index contributed by atoms with van der Waals surface area (Å²) in [6.45, 7) is 4.73. The number of rotatable bonds is 3. The lowest BCUT2D eigenvalue weighted by Gasteiger charge is -2.37. The topological polar surface area (TPSA) is 32.3 Å². The maximum atomic E-state index is 9.60. The molecular weight excluding hydrogens is 246 g/mol. The van der Waals surface area contributed by atoms with Gasteiger partial charge in [-0.3, -0.25) is 0 Å². The molecule has 0 bridgehead atoms. The van der Waals surface area contributed by atoms with E-state index in [0.717, 1.165) is 18.3 Å². The summed E-state index contributed by atoms with van der Waals surface area (Å²) in [4.78, 5) is 0. The number of phenols is 1. The molecule has 20 heavy (non-hydrogen) atoms. The zero-order valence-corrected chi connectivity index (χ0v) is 12.7. The lowest BCUT2D eigenvalue weighted by atomic mass is 9.77. The SMILES string of the molecule is CC(C)C1CCCCC1NC1CCc2cc(O)ccc21. The van der Waals surface area contributed by atoms with Gasteiger partial charge in [0.15, 0.2) is 0 Å². The van der Waals surface area contributed by atoms with E-state index in [0.29, 0.717) is 17.8 Å². The highest BCUT2D eigenvalue weighted by molar-refractivity contribution is 5.40. The fourth-order valence-corrected chi connectivity index (χ4v) is 4.20. The Kier molecular flexibility index (Phi) is 4.02. The average molecular weight is 273 g/mol. The first kappa shape index (κ1) is 13.9. The minimum Gasteiger partial charge on any atom is -0.508 e. The van der Waals surface area contributed by atoms with Crippen molar-refractivity contribution in [1.82, 2.24) is 5.32 Å². The Hall–Kier alpha value is -1.02. The predicted octanol–water partition coefficient (Wildman–Crippen LogP) is 4.18. The third-order valence-electron chi connectivity index (χ3n) is 5.30. The first-order chi connectivity index (χ1) is 9.65. The minimum absolute atomic E-state index is 0.405. The summed E-state index contributed by atoms with van der Waals surface area (Å²) in [5, 5.41) is 13.5. The molecule has 0 spiro atoms. The fourth-order valence-electron chi connectivity index (χ4n) is 4.20. The summed E-state index contributed by atoms with van der Waals surface area (Å²) in [5.41, 5.74) is 2.75. The van der Waals surface area contributed by atoms with Gasteiger partial charge >= 0.3 is 0 Å². The second-order valence-corrected chi connectivity index (χ2v) is 6.94. The molecular formula is C18H27NO. The van der Waals surface area contributed by atoms with Crippen LogP contribution >= 0.6 is 0 Å². The summed E-state index contributed by atoms with van der Waals surface area (Å²) in [6, 6.07) is 7.06. The maximum absolute atomic E-state index is 9.60. The molecule has 0 amide bonds. The zero-order chi connectivity index (χ0) is 14.1. The van der Waals surface area contributed by atoms with Gasteiger partial charge in [-0.1, -0.05) is 32.8 Å². The second-order valence-electron chi connectivity index (χ2n) is 6.94. The maximum Gasteiger partial charge on any atom is 0.115 e. The molecule has 2 heteroatoms. The summed E-state index contributed by atoms with van der Waals surface area (Å²) >= 11 is 0. The Balaban J connectivity index is 1.72. The van der Waals surface area contributed by atoms with Gasteiger partial charge in [-0.05, 0) is 60.8 Å². The molecule has 3 unspecified atom stereocenters. The summed E-state index contributed by atoms with van der Waals surface area (Å²) < 4.78 is 0. The molecule has 1 aromatic carbocycles. The minimum atomic E-state index is 0.405. The number of aryl methyl sites for hydroxylation is 1. The van der Waals surface area contributed by atoms with E-state index in [1.165, 1.54) is 43.2 Å². The van der Waals surface area contributed by atoms with Crippen molar-refractivity contribution in [2.75, 3.05) is 0 Å². The van der Waals surface area contributed by atoms with Gasteiger partial charge in [0.25, 0.3) is 0 Å². The van der Waals surface area contributed by atoms with Crippen LogP contribution in [0.1, 0.15) is 63.1 Å². The molecule has 110 valence electrons. The van der Waals surface area contributed by atoms with Gasteiger partial charge in [0.2, 0.25) is 0 Å². The quantitative estimate of drug-likeness (QED) is 0.865. The van der Waals surface area contributed by atoms with E-state index in [-0.39, 0.29) is 0 Å². The molecule has 0 aromatic heterocycles. The lowest BCUT2D eigenvalue weighted by Crippen LogP contribution is -2.42. The Morgan fingerprint density at radius 1 is 1.15 bits per heavy atom. The van der Waals surface area contributed by atoms with Gasteiger partial charge in [-0.25, -0.2) is 0 Å². The predicted molar refractivity (Wildman–Crippen MR) is 82.9 cm³/mol. The number of hydrogen-bond donors (Lipinski definition) is 2. The molecule has 2 aliphatic rings. The van der Waals surface area contributed by atoms with Crippen LogP contribution in [0, 0.1) is 11.8 Å². The van der Waals surface area contributed by atoms with Crippen molar-refractivity contribution >= 4 is 0 Å². The van der Waals surface area contributed by atoms with E-state index in [1.807, 2.05) is 12.1 Å². The third kappa shape index (κ3) is 2.71. The van der Waals surface area contributed by atoms with Crippen LogP contribution in [-0.4, -0.2) is 11.1 Å². The number of nitrogens with one attached hydrogen (secondary N) is 1. The zero-order valence-electron chi connectivity index (χ0n) is 12.7. The van der Waals surface area contributed by atoms with Crippen molar-refractivity contribution in [1.29, 1.82) is 0 Å². The molecule has 3 atom stereocenters. The van der Waals surface area contributed by atoms with Gasteiger partial charge in [0.05, 0.1) is 0 Å². The summed E-state index contributed by atoms with van der Waals surface area (Å²) in [6.07, 6.45) is 7.75. The van der Waals surface area contributed by atoms with E-state index < -0.39 is 0 Å². The monoisotopic (exact) mass is 273 g/mol. The van der Waals surface area contributed by atoms with Crippen LogP contribution in [-0.2, 0) is 6.42 Å². The van der Waals surface area contributed by atoms with Gasteiger partial charge in [-0.2, -0.15) is 0 Å². The van der Waals surface area contributed by atoms with Crippen LogP contribution in [0.2, 0.25) is 0 Å². The molecule has 2 N–H and O–H groups in total. The number of aromatic hydroxyl groups is 1. The Labute approximate surface area is 122 Å².